The third-order valence-corrected chi connectivity index (χ3v) is 6.01. The van der Waals surface area contributed by atoms with Crippen molar-refractivity contribution >= 4 is 38.9 Å². The molecule has 0 unspecified atom stereocenters. The van der Waals surface area contributed by atoms with Crippen molar-refractivity contribution in [1.29, 1.82) is 0 Å². The Morgan fingerprint density at radius 2 is 1.91 bits per heavy atom. The van der Waals surface area contributed by atoms with E-state index in [1.807, 2.05) is 5.38 Å². The fraction of sp³-hybridized carbons (Fsp3) is 0.0870. The van der Waals surface area contributed by atoms with Gasteiger partial charge in [-0.2, -0.15) is 0 Å². The predicted octanol–water partition coefficient (Wildman–Crippen LogP) is 4.17. The number of halogens is 1. The quantitative estimate of drug-likeness (QED) is 0.375. The second-order valence-electron chi connectivity index (χ2n) is 7.23. The van der Waals surface area contributed by atoms with Crippen LogP contribution in [0.1, 0.15) is 20.9 Å². The summed E-state index contributed by atoms with van der Waals surface area (Å²) in [5, 5.41) is 28.2. The SMILES string of the molecule is O=C(NCc1nccs1)c1c2cccnc2c(O)c2c(O)n(Cc3ccc(F)cc3)cc12. The number of nitrogens with one attached hydrogen (secondary N) is 1. The molecule has 0 bridgehead atoms. The second-order valence-corrected chi connectivity index (χ2v) is 8.21. The van der Waals surface area contributed by atoms with Gasteiger partial charge in [-0.25, -0.2) is 9.37 Å². The molecular formula is C23H17FN4O3S. The molecule has 0 atom stereocenters. The van der Waals surface area contributed by atoms with Crippen molar-refractivity contribution in [1.82, 2.24) is 19.9 Å². The third kappa shape index (κ3) is 3.42. The number of fused-ring (bicyclic) bond motifs is 2. The van der Waals surface area contributed by atoms with Gasteiger partial charge >= 0.3 is 0 Å². The number of phenols is 1. The Balaban J connectivity index is 1.65. The first-order valence-electron chi connectivity index (χ1n) is 9.75. The fourth-order valence-corrected chi connectivity index (χ4v) is 4.32. The van der Waals surface area contributed by atoms with E-state index in [0.29, 0.717) is 16.3 Å². The molecule has 7 nitrogen and oxygen atoms in total. The molecule has 0 saturated carbocycles. The van der Waals surface area contributed by atoms with Crippen LogP contribution in [0.15, 0.2) is 60.4 Å². The molecular weight excluding hydrogens is 431 g/mol. The molecule has 0 fully saturated rings. The van der Waals surface area contributed by atoms with Crippen LogP contribution in [0.4, 0.5) is 4.39 Å². The number of carbonyl (C=O) groups is 1. The summed E-state index contributed by atoms with van der Waals surface area (Å²) in [7, 11) is 0. The van der Waals surface area contributed by atoms with Crippen molar-refractivity contribution in [3.8, 4) is 11.6 Å². The molecule has 3 heterocycles. The van der Waals surface area contributed by atoms with Crippen LogP contribution in [-0.4, -0.2) is 30.7 Å². The summed E-state index contributed by atoms with van der Waals surface area (Å²) in [5.74, 6) is -1.14. The fourth-order valence-electron chi connectivity index (χ4n) is 3.76. The number of hydrogen-bond acceptors (Lipinski definition) is 6. The lowest BCUT2D eigenvalue weighted by Crippen LogP contribution is -2.23. The van der Waals surface area contributed by atoms with Crippen molar-refractivity contribution in [2.24, 2.45) is 0 Å². The number of benzene rings is 2. The standard InChI is InChI=1S/C23H17FN4O3S/c24-14-5-3-13(4-6-14)11-28-12-16-18(22(30)27-10-17-25-8-9-32-17)15-2-1-7-26-20(15)21(29)19(16)23(28)31/h1-9,12,29,31H,10-11H2,(H,27,30). The van der Waals surface area contributed by atoms with Crippen molar-refractivity contribution in [2.75, 3.05) is 0 Å². The van der Waals surface area contributed by atoms with Crippen LogP contribution in [0.2, 0.25) is 0 Å². The van der Waals surface area contributed by atoms with Gasteiger partial charge in [0.1, 0.15) is 16.3 Å². The monoisotopic (exact) mass is 448 g/mol. The Hall–Kier alpha value is -3.98. The van der Waals surface area contributed by atoms with Crippen molar-refractivity contribution in [3.63, 3.8) is 0 Å². The van der Waals surface area contributed by atoms with Gasteiger partial charge in [0.05, 0.1) is 24.0 Å². The second kappa shape index (κ2) is 7.93. The average Bonchev–Trinajstić information content (AvgIpc) is 3.43. The highest BCUT2D eigenvalue weighted by atomic mass is 32.1. The topological polar surface area (TPSA) is 100 Å². The van der Waals surface area contributed by atoms with E-state index in [9.17, 15) is 19.4 Å². The lowest BCUT2D eigenvalue weighted by Gasteiger charge is -2.10. The highest BCUT2D eigenvalue weighted by molar-refractivity contribution is 7.09. The molecule has 3 N–H and O–H groups in total. The molecule has 0 aliphatic heterocycles. The molecule has 2 aromatic carbocycles. The Bertz CT molecular complexity index is 1450. The maximum atomic E-state index is 13.3. The van der Waals surface area contributed by atoms with E-state index in [1.165, 1.54) is 34.2 Å². The first-order valence-corrected chi connectivity index (χ1v) is 10.6. The smallest absolute Gasteiger partial charge is 0.253 e. The largest absolute Gasteiger partial charge is 0.505 e. The average molecular weight is 448 g/mol. The molecule has 0 saturated heterocycles. The van der Waals surface area contributed by atoms with Gasteiger partial charge in [-0.15, -0.1) is 11.3 Å². The van der Waals surface area contributed by atoms with Gasteiger partial charge in [-0.05, 0) is 23.8 Å². The minimum Gasteiger partial charge on any atom is -0.505 e. The molecule has 0 aliphatic rings. The summed E-state index contributed by atoms with van der Waals surface area (Å²) >= 11 is 1.43. The predicted molar refractivity (Wildman–Crippen MR) is 119 cm³/mol. The molecule has 0 radical (unpaired) electrons. The molecule has 0 spiro atoms. The minimum atomic E-state index is -0.373. The van der Waals surface area contributed by atoms with E-state index >= 15 is 0 Å². The van der Waals surface area contributed by atoms with Crippen LogP contribution in [0.3, 0.4) is 0 Å². The third-order valence-electron chi connectivity index (χ3n) is 5.23. The van der Waals surface area contributed by atoms with Crippen molar-refractivity contribution in [2.45, 2.75) is 13.1 Å². The number of thiazole rings is 1. The molecule has 32 heavy (non-hydrogen) atoms. The lowest BCUT2D eigenvalue weighted by molar-refractivity contribution is 0.0954. The van der Waals surface area contributed by atoms with Crippen LogP contribution in [0.5, 0.6) is 11.6 Å². The number of pyridine rings is 1. The van der Waals surface area contributed by atoms with Crippen LogP contribution >= 0.6 is 11.3 Å². The zero-order chi connectivity index (χ0) is 22.2. The van der Waals surface area contributed by atoms with Gasteiger partial charge in [-0.1, -0.05) is 18.2 Å². The van der Waals surface area contributed by atoms with Crippen LogP contribution in [0, 0.1) is 5.82 Å². The van der Waals surface area contributed by atoms with E-state index in [-0.39, 0.29) is 47.3 Å². The summed E-state index contributed by atoms with van der Waals surface area (Å²) in [6, 6.07) is 9.28. The maximum absolute atomic E-state index is 13.3. The molecule has 9 heteroatoms. The van der Waals surface area contributed by atoms with Gasteiger partial charge < -0.3 is 20.1 Å². The zero-order valence-corrected chi connectivity index (χ0v) is 17.4. The van der Waals surface area contributed by atoms with E-state index < -0.39 is 0 Å². The zero-order valence-electron chi connectivity index (χ0n) is 16.6. The van der Waals surface area contributed by atoms with Crippen LogP contribution in [-0.2, 0) is 13.1 Å². The maximum Gasteiger partial charge on any atom is 0.253 e. The number of phenolic OH excluding ortho intramolecular Hbond substituents is 1. The van der Waals surface area contributed by atoms with Gasteiger partial charge in [-0.3, -0.25) is 9.78 Å². The first kappa shape index (κ1) is 20.0. The minimum absolute atomic E-state index is 0.137. The number of carbonyl (C=O) groups excluding carboxylic acids is 1. The van der Waals surface area contributed by atoms with E-state index in [2.05, 4.69) is 15.3 Å². The molecule has 5 aromatic rings. The number of amides is 1. The number of hydrogen-bond donors (Lipinski definition) is 3. The van der Waals surface area contributed by atoms with Crippen molar-refractivity contribution in [3.05, 3.63) is 82.3 Å². The highest BCUT2D eigenvalue weighted by Crippen LogP contribution is 2.42. The Morgan fingerprint density at radius 3 is 2.66 bits per heavy atom. The number of aromatic hydroxyl groups is 2. The molecule has 160 valence electrons. The first-order chi connectivity index (χ1) is 15.5. The van der Waals surface area contributed by atoms with Gasteiger partial charge in [0.2, 0.25) is 5.88 Å². The van der Waals surface area contributed by atoms with Crippen LogP contribution in [0.25, 0.3) is 21.7 Å². The van der Waals surface area contributed by atoms with Crippen LogP contribution < -0.4 is 5.32 Å². The molecule has 5 rings (SSSR count). The summed E-state index contributed by atoms with van der Waals surface area (Å²) in [5.41, 5.74) is 1.26. The van der Waals surface area contributed by atoms with E-state index in [4.69, 9.17) is 0 Å². The normalized spacial score (nSPS) is 11.3. The van der Waals surface area contributed by atoms with E-state index in [1.54, 1.807) is 36.7 Å². The Morgan fingerprint density at radius 1 is 1.09 bits per heavy atom. The van der Waals surface area contributed by atoms with Crippen molar-refractivity contribution < 1.29 is 19.4 Å². The van der Waals surface area contributed by atoms with Gasteiger partial charge in [0, 0.05) is 34.7 Å². The molecule has 0 aliphatic carbocycles. The molecule has 3 aromatic heterocycles. The Labute approximate surface area is 185 Å². The van der Waals surface area contributed by atoms with Gasteiger partial charge in [0.15, 0.2) is 5.75 Å². The lowest BCUT2D eigenvalue weighted by atomic mass is 10.0. The summed E-state index contributed by atoms with van der Waals surface area (Å²) in [4.78, 5) is 21.6. The summed E-state index contributed by atoms with van der Waals surface area (Å²) < 4.78 is 14.8. The number of rotatable bonds is 5. The molecule has 1 amide bonds. The highest BCUT2D eigenvalue weighted by Gasteiger charge is 2.24. The van der Waals surface area contributed by atoms with Gasteiger partial charge in [0.25, 0.3) is 5.91 Å². The summed E-state index contributed by atoms with van der Waals surface area (Å²) in [6.07, 6.45) is 4.79. The van der Waals surface area contributed by atoms with E-state index in [0.717, 1.165) is 10.6 Å². The summed E-state index contributed by atoms with van der Waals surface area (Å²) in [6.45, 7) is 0.479. The number of nitrogens with zero attached hydrogens (tertiary/aromatic N) is 3. The number of aromatic nitrogens is 3. The Kier molecular flexibility index (Phi) is 4.95.